The zero-order valence-electron chi connectivity index (χ0n) is 14.4. The van der Waals surface area contributed by atoms with E-state index in [4.69, 9.17) is 0 Å². The van der Waals surface area contributed by atoms with Crippen LogP contribution in [0.15, 0.2) is 24.3 Å². The van der Waals surface area contributed by atoms with E-state index in [0.717, 1.165) is 12.8 Å². The number of amides is 2. The van der Waals surface area contributed by atoms with Crippen molar-refractivity contribution in [3.63, 3.8) is 0 Å². The van der Waals surface area contributed by atoms with Crippen molar-refractivity contribution in [1.82, 2.24) is 10.2 Å². The van der Waals surface area contributed by atoms with Crippen LogP contribution in [0.1, 0.15) is 55.3 Å². The fourth-order valence-corrected chi connectivity index (χ4v) is 3.31. The maximum absolute atomic E-state index is 12.3. The van der Waals surface area contributed by atoms with Crippen LogP contribution >= 0.6 is 0 Å². The Bertz CT molecular complexity index is 592. The van der Waals surface area contributed by atoms with Crippen molar-refractivity contribution in [2.75, 3.05) is 18.9 Å². The van der Waals surface area contributed by atoms with Gasteiger partial charge in [-0.1, -0.05) is 25.3 Å². The molecule has 3 rings (SSSR count). The highest BCUT2D eigenvalue weighted by Crippen LogP contribution is 2.22. The fraction of sp³-hybridized carbons (Fsp3) is 0.579. The second kappa shape index (κ2) is 7.79. The Hall–Kier alpha value is -1.88. The van der Waals surface area contributed by atoms with E-state index in [9.17, 15) is 9.59 Å². The van der Waals surface area contributed by atoms with Gasteiger partial charge in [-0.05, 0) is 50.9 Å². The summed E-state index contributed by atoms with van der Waals surface area (Å²) < 4.78 is 0. The van der Waals surface area contributed by atoms with E-state index in [0.29, 0.717) is 29.9 Å². The minimum atomic E-state index is -0.0621. The van der Waals surface area contributed by atoms with Crippen LogP contribution in [0.4, 0.5) is 5.69 Å². The molecule has 0 atom stereocenters. The lowest BCUT2D eigenvalue weighted by atomic mass is 9.94. The first-order valence-corrected chi connectivity index (χ1v) is 9.03. The summed E-state index contributed by atoms with van der Waals surface area (Å²) in [6.45, 7) is 0.392. The second-order valence-corrected chi connectivity index (χ2v) is 7.08. The lowest BCUT2D eigenvalue weighted by Gasteiger charge is -2.30. The molecule has 1 aromatic rings. The summed E-state index contributed by atoms with van der Waals surface area (Å²) in [5.41, 5.74) is 1.28. The molecule has 2 fully saturated rings. The number of hydrogen-bond acceptors (Lipinski definition) is 3. The number of likely N-dealkylation sites (N-methyl/N-ethyl adjacent to an activating group) is 1. The minimum absolute atomic E-state index is 0.0252. The number of hydrogen-bond donors (Lipinski definition) is 2. The van der Waals surface area contributed by atoms with Gasteiger partial charge in [0.2, 0.25) is 5.91 Å². The van der Waals surface area contributed by atoms with E-state index in [1.165, 1.54) is 32.1 Å². The molecule has 2 amide bonds. The Labute approximate surface area is 143 Å². The molecule has 0 aliphatic heterocycles. The number of rotatable bonds is 6. The fourth-order valence-electron chi connectivity index (χ4n) is 3.31. The molecule has 0 unspecified atom stereocenters. The molecule has 0 saturated heterocycles. The van der Waals surface area contributed by atoms with Crippen LogP contribution in [-0.2, 0) is 4.79 Å². The molecule has 2 aliphatic rings. The van der Waals surface area contributed by atoms with Gasteiger partial charge in [0, 0.05) is 23.3 Å². The van der Waals surface area contributed by atoms with E-state index in [-0.39, 0.29) is 11.8 Å². The van der Waals surface area contributed by atoms with Crippen molar-refractivity contribution < 1.29 is 9.59 Å². The smallest absolute Gasteiger partial charge is 0.251 e. The first kappa shape index (κ1) is 17.0. The molecule has 130 valence electrons. The van der Waals surface area contributed by atoms with E-state index >= 15 is 0 Å². The molecule has 0 aromatic heterocycles. The lowest BCUT2D eigenvalue weighted by molar-refractivity contribution is -0.117. The molecule has 0 radical (unpaired) electrons. The molecule has 2 aliphatic carbocycles. The van der Waals surface area contributed by atoms with Crippen LogP contribution in [0.25, 0.3) is 0 Å². The van der Waals surface area contributed by atoms with E-state index in [1.807, 2.05) is 19.2 Å². The maximum Gasteiger partial charge on any atom is 0.251 e. The van der Waals surface area contributed by atoms with Crippen molar-refractivity contribution in [2.45, 2.75) is 57.0 Å². The molecule has 5 nitrogen and oxygen atoms in total. The van der Waals surface area contributed by atoms with Crippen molar-refractivity contribution in [1.29, 1.82) is 0 Å². The third kappa shape index (κ3) is 4.81. The SMILES string of the molecule is CN(CC(=O)Nc1cccc(C(=O)NC2CC2)c1)C1CCCCC1. The Kier molecular flexibility index (Phi) is 5.51. The minimum Gasteiger partial charge on any atom is -0.349 e. The second-order valence-electron chi connectivity index (χ2n) is 7.08. The summed E-state index contributed by atoms with van der Waals surface area (Å²) in [4.78, 5) is 26.5. The van der Waals surface area contributed by atoms with Crippen LogP contribution in [-0.4, -0.2) is 42.4 Å². The van der Waals surface area contributed by atoms with E-state index < -0.39 is 0 Å². The summed E-state index contributed by atoms with van der Waals surface area (Å²) in [6, 6.07) is 8.01. The molecule has 24 heavy (non-hydrogen) atoms. The highest BCUT2D eigenvalue weighted by atomic mass is 16.2. The van der Waals surface area contributed by atoms with Gasteiger partial charge in [0.1, 0.15) is 0 Å². The van der Waals surface area contributed by atoms with Crippen LogP contribution in [0.2, 0.25) is 0 Å². The normalized spacial score (nSPS) is 18.4. The molecule has 0 spiro atoms. The van der Waals surface area contributed by atoms with Crippen LogP contribution < -0.4 is 10.6 Å². The zero-order valence-corrected chi connectivity index (χ0v) is 14.4. The van der Waals surface area contributed by atoms with E-state index in [1.54, 1.807) is 12.1 Å². The molecular weight excluding hydrogens is 302 g/mol. The first-order chi connectivity index (χ1) is 11.6. The van der Waals surface area contributed by atoms with Crippen LogP contribution in [0, 0.1) is 0 Å². The molecule has 1 aromatic carbocycles. The topological polar surface area (TPSA) is 61.4 Å². The monoisotopic (exact) mass is 329 g/mol. The van der Waals surface area contributed by atoms with E-state index in [2.05, 4.69) is 15.5 Å². The van der Waals surface area contributed by atoms with Crippen LogP contribution in [0.5, 0.6) is 0 Å². The van der Waals surface area contributed by atoms with Crippen LogP contribution in [0.3, 0.4) is 0 Å². The predicted molar refractivity (Wildman–Crippen MR) is 95.1 cm³/mol. The molecule has 0 bridgehead atoms. The van der Waals surface area contributed by atoms with Gasteiger partial charge in [-0.2, -0.15) is 0 Å². The predicted octanol–water partition coefficient (Wildman–Crippen LogP) is 2.78. The Morgan fingerprint density at radius 2 is 1.88 bits per heavy atom. The lowest BCUT2D eigenvalue weighted by Crippen LogP contribution is -2.39. The highest BCUT2D eigenvalue weighted by Gasteiger charge is 2.24. The molecule has 0 heterocycles. The first-order valence-electron chi connectivity index (χ1n) is 9.03. The van der Waals surface area contributed by atoms with Gasteiger partial charge in [0.15, 0.2) is 0 Å². The van der Waals surface area contributed by atoms with Gasteiger partial charge in [0.05, 0.1) is 6.54 Å². The highest BCUT2D eigenvalue weighted by molar-refractivity contribution is 5.97. The van der Waals surface area contributed by atoms with Crippen molar-refractivity contribution >= 4 is 17.5 Å². The summed E-state index contributed by atoms with van der Waals surface area (Å²) in [6.07, 6.45) is 8.32. The Morgan fingerprint density at radius 3 is 2.58 bits per heavy atom. The quantitative estimate of drug-likeness (QED) is 0.843. The summed E-state index contributed by atoms with van der Waals surface area (Å²) in [7, 11) is 2.02. The van der Waals surface area contributed by atoms with Gasteiger partial charge < -0.3 is 10.6 Å². The summed E-state index contributed by atoms with van der Waals surface area (Å²) in [5.74, 6) is -0.0873. The number of carbonyl (C=O) groups is 2. The number of anilines is 1. The molecule has 2 N–H and O–H groups in total. The third-order valence-corrected chi connectivity index (χ3v) is 4.91. The third-order valence-electron chi connectivity index (χ3n) is 4.91. The number of nitrogens with one attached hydrogen (secondary N) is 2. The molecule has 5 heteroatoms. The number of nitrogens with zero attached hydrogens (tertiary/aromatic N) is 1. The maximum atomic E-state index is 12.3. The molecular formula is C19H27N3O2. The van der Waals surface area contributed by atoms with Crippen molar-refractivity contribution in [2.24, 2.45) is 0 Å². The summed E-state index contributed by atoms with van der Waals surface area (Å²) >= 11 is 0. The number of carbonyl (C=O) groups excluding carboxylic acids is 2. The average molecular weight is 329 g/mol. The van der Waals surface area contributed by atoms with Gasteiger partial charge in [-0.3, -0.25) is 14.5 Å². The zero-order chi connectivity index (χ0) is 16.9. The van der Waals surface area contributed by atoms with Crippen molar-refractivity contribution in [3.05, 3.63) is 29.8 Å². The average Bonchev–Trinajstić information content (AvgIpc) is 3.39. The van der Waals surface area contributed by atoms with Gasteiger partial charge in [-0.25, -0.2) is 0 Å². The standard InChI is InChI=1S/C19H27N3O2/c1-22(17-8-3-2-4-9-17)13-18(23)20-16-7-5-6-14(12-16)19(24)21-15-10-11-15/h5-7,12,15,17H,2-4,8-11,13H2,1H3,(H,20,23)(H,21,24). The van der Waals surface area contributed by atoms with Crippen molar-refractivity contribution in [3.8, 4) is 0 Å². The number of benzene rings is 1. The summed E-state index contributed by atoms with van der Waals surface area (Å²) in [5, 5.41) is 5.88. The van der Waals surface area contributed by atoms with Gasteiger partial charge in [0.25, 0.3) is 5.91 Å². The largest absolute Gasteiger partial charge is 0.349 e. The molecule has 2 saturated carbocycles. The Balaban J connectivity index is 1.52. The van der Waals surface area contributed by atoms with Gasteiger partial charge >= 0.3 is 0 Å². The Morgan fingerprint density at radius 1 is 1.12 bits per heavy atom. The van der Waals surface area contributed by atoms with Gasteiger partial charge in [-0.15, -0.1) is 0 Å².